The van der Waals surface area contributed by atoms with Crippen LogP contribution in [0.4, 0.5) is 0 Å². The van der Waals surface area contributed by atoms with Crippen molar-refractivity contribution in [2.24, 2.45) is 0 Å². The number of aryl methyl sites for hydroxylation is 2. The number of aromatic hydroxyl groups is 2. The monoisotopic (exact) mass is 288 g/mol. The van der Waals surface area contributed by atoms with Gasteiger partial charge in [-0.25, -0.2) is 0 Å². The summed E-state index contributed by atoms with van der Waals surface area (Å²) < 4.78 is 0. The highest BCUT2D eigenvalue weighted by molar-refractivity contribution is 6.24. The van der Waals surface area contributed by atoms with Crippen LogP contribution in [0, 0.1) is 13.8 Å². The van der Waals surface area contributed by atoms with Crippen LogP contribution in [0.15, 0.2) is 36.4 Å². The predicted molar refractivity (Wildman–Crippen MR) is 84.3 cm³/mol. The number of allylic oxidation sites excluding steroid dienone is 1. The van der Waals surface area contributed by atoms with Crippen molar-refractivity contribution in [3.63, 3.8) is 0 Å². The maximum atomic E-state index is 10.0. The van der Waals surface area contributed by atoms with Crippen molar-refractivity contribution in [3.05, 3.63) is 58.7 Å². The first-order valence-corrected chi connectivity index (χ1v) is 6.91. The molecule has 0 fully saturated rings. The lowest BCUT2D eigenvalue weighted by Gasteiger charge is -2.09. The third-order valence-electron chi connectivity index (χ3n) is 3.16. The first-order valence-electron chi connectivity index (χ1n) is 6.37. The van der Waals surface area contributed by atoms with Crippen LogP contribution in [0.3, 0.4) is 0 Å². The summed E-state index contributed by atoms with van der Waals surface area (Å²) in [5.41, 5.74) is 4.11. The number of hydrogen-bond acceptors (Lipinski definition) is 2. The molecule has 2 nitrogen and oxygen atoms in total. The van der Waals surface area contributed by atoms with Gasteiger partial charge < -0.3 is 10.2 Å². The molecular formula is C17H17ClO2. The minimum absolute atomic E-state index is 0.198. The highest BCUT2D eigenvalue weighted by Gasteiger charge is 2.08. The van der Waals surface area contributed by atoms with E-state index < -0.39 is 0 Å². The van der Waals surface area contributed by atoms with Gasteiger partial charge in [0, 0.05) is 17.0 Å². The van der Waals surface area contributed by atoms with Gasteiger partial charge in [-0.05, 0) is 48.8 Å². The zero-order valence-corrected chi connectivity index (χ0v) is 12.3. The maximum Gasteiger partial charge on any atom is 0.123 e. The third-order valence-corrected chi connectivity index (χ3v) is 3.45. The SMILES string of the molecule is Cc1ccc(C=C(CCl)c2ccc(C)cc2O)c(O)c1. The van der Waals surface area contributed by atoms with Crippen LogP contribution in [0.1, 0.15) is 22.3 Å². The lowest BCUT2D eigenvalue weighted by molar-refractivity contribution is 0.472. The molecule has 0 aromatic heterocycles. The Morgan fingerprint density at radius 3 is 2.15 bits per heavy atom. The molecule has 2 N–H and O–H groups in total. The molecule has 0 aliphatic heterocycles. The van der Waals surface area contributed by atoms with Gasteiger partial charge in [0.15, 0.2) is 0 Å². The molecule has 0 radical (unpaired) electrons. The fourth-order valence-electron chi connectivity index (χ4n) is 2.06. The van der Waals surface area contributed by atoms with Gasteiger partial charge in [-0.15, -0.1) is 11.6 Å². The predicted octanol–water partition coefficient (Wildman–Crippen LogP) is 4.49. The Balaban J connectivity index is 2.48. The van der Waals surface area contributed by atoms with Crippen LogP contribution in [-0.4, -0.2) is 16.1 Å². The van der Waals surface area contributed by atoms with E-state index in [0.29, 0.717) is 11.1 Å². The zero-order valence-electron chi connectivity index (χ0n) is 11.5. The van der Waals surface area contributed by atoms with E-state index in [4.69, 9.17) is 11.6 Å². The summed E-state index contributed by atoms with van der Waals surface area (Å²) >= 11 is 5.99. The van der Waals surface area contributed by atoms with Crippen molar-refractivity contribution in [3.8, 4) is 11.5 Å². The van der Waals surface area contributed by atoms with E-state index in [0.717, 1.165) is 16.7 Å². The van der Waals surface area contributed by atoms with Gasteiger partial charge in [0.1, 0.15) is 11.5 Å². The third kappa shape index (κ3) is 3.14. The standard InChI is InChI=1S/C17H17ClO2/c1-11-3-5-13(16(19)7-11)9-14(10-18)15-6-4-12(2)8-17(15)20/h3-9,19-20H,10H2,1-2H3. The Morgan fingerprint density at radius 2 is 1.60 bits per heavy atom. The average Bonchev–Trinajstić information content (AvgIpc) is 2.39. The van der Waals surface area contributed by atoms with Crippen molar-refractivity contribution in [1.82, 2.24) is 0 Å². The Morgan fingerprint density at radius 1 is 1.00 bits per heavy atom. The molecule has 2 aromatic rings. The average molecular weight is 289 g/mol. The van der Waals surface area contributed by atoms with Crippen LogP contribution in [-0.2, 0) is 0 Å². The van der Waals surface area contributed by atoms with Crippen LogP contribution >= 0.6 is 11.6 Å². The van der Waals surface area contributed by atoms with Crippen LogP contribution < -0.4 is 0 Å². The van der Waals surface area contributed by atoms with E-state index in [-0.39, 0.29) is 17.4 Å². The minimum atomic E-state index is 0.198. The van der Waals surface area contributed by atoms with Gasteiger partial charge in [-0.2, -0.15) is 0 Å². The maximum absolute atomic E-state index is 10.0. The smallest absolute Gasteiger partial charge is 0.123 e. The van der Waals surface area contributed by atoms with E-state index in [2.05, 4.69) is 0 Å². The molecule has 0 saturated carbocycles. The summed E-state index contributed by atoms with van der Waals surface area (Å²) in [4.78, 5) is 0. The van der Waals surface area contributed by atoms with Gasteiger partial charge in [0.05, 0.1) is 0 Å². The summed E-state index contributed by atoms with van der Waals surface area (Å²) in [7, 11) is 0. The summed E-state index contributed by atoms with van der Waals surface area (Å²) in [5.74, 6) is 0.659. The molecule has 2 aromatic carbocycles. The number of alkyl halides is 1. The Hall–Kier alpha value is -1.93. The molecule has 0 amide bonds. The highest BCUT2D eigenvalue weighted by atomic mass is 35.5. The van der Waals surface area contributed by atoms with E-state index in [1.807, 2.05) is 38.1 Å². The Kier molecular flexibility index (Phi) is 4.35. The second-order valence-corrected chi connectivity index (χ2v) is 5.15. The van der Waals surface area contributed by atoms with Crippen molar-refractivity contribution in [2.75, 3.05) is 5.88 Å². The number of phenols is 2. The second-order valence-electron chi connectivity index (χ2n) is 4.89. The molecule has 2 rings (SSSR count). The summed E-state index contributed by atoms with van der Waals surface area (Å²) in [6, 6.07) is 10.9. The van der Waals surface area contributed by atoms with Crippen molar-refractivity contribution < 1.29 is 10.2 Å². The molecule has 0 saturated heterocycles. The van der Waals surface area contributed by atoms with Crippen LogP contribution in [0.2, 0.25) is 0 Å². The van der Waals surface area contributed by atoms with Gasteiger partial charge in [0.2, 0.25) is 0 Å². The molecule has 104 valence electrons. The molecule has 0 atom stereocenters. The van der Waals surface area contributed by atoms with Gasteiger partial charge >= 0.3 is 0 Å². The topological polar surface area (TPSA) is 40.5 Å². The van der Waals surface area contributed by atoms with Gasteiger partial charge in [0.25, 0.3) is 0 Å². The molecule has 0 aliphatic rings. The number of hydrogen-bond donors (Lipinski definition) is 2. The van der Waals surface area contributed by atoms with E-state index in [1.165, 1.54) is 0 Å². The minimum Gasteiger partial charge on any atom is -0.507 e. The highest BCUT2D eigenvalue weighted by Crippen LogP contribution is 2.30. The van der Waals surface area contributed by atoms with Crippen molar-refractivity contribution >= 4 is 23.3 Å². The fourth-order valence-corrected chi connectivity index (χ4v) is 2.29. The molecule has 3 heteroatoms. The lowest BCUT2D eigenvalue weighted by Crippen LogP contribution is -1.89. The van der Waals surface area contributed by atoms with Crippen LogP contribution in [0.5, 0.6) is 11.5 Å². The quantitative estimate of drug-likeness (QED) is 0.645. The zero-order chi connectivity index (χ0) is 14.7. The first-order chi connectivity index (χ1) is 9.51. The normalized spacial score (nSPS) is 11.7. The largest absolute Gasteiger partial charge is 0.507 e. The molecule has 20 heavy (non-hydrogen) atoms. The summed E-state index contributed by atoms with van der Waals surface area (Å²) in [6.07, 6.45) is 1.80. The first kappa shape index (κ1) is 14.5. The lowest BCUT2D eigenvalue weighted by atomic mass is 10.0. The second kappa shape index (κ2) is 6.02. The molecule has 0 heterocycles. The molecule has 0 unspecified atom stereocenters. The molecule has 0 aliphatic carbocycles. The van der Waals surface area contributed by atoms with Crippen molar-refractivity contribution in [2.45, 2.75) is 13.8 Å². The van der Waals surface area contributed by atoms with Crippen LogP contribution in [0.25, 0.3) is 11.6 Å². The number of benzene rings is 2. The summed E-state index contributed by atoms with van der Waals surface area (Å²) in [5, 5.41) is 20.0. The van der Waals surface area contributed by atoms with Crippen molar-refractivity contribution in [1.29, 1.82) is 0 Å². The number of rotatable bonds is 3. The van der Waals surface area contributed by atoms with Gasteiger partial charge in [-0.3, -0.25) is 0 Å². The molecule has 0 bridgehead atoms. The summed E-state index contributed by atoms with van der Waals surface area (Å²) in [6.45, 7) is 3.83. The molecule has 0 spiro atoms. The van der Waals surface area contributed by atoms with E-state index in [9.17, 15) is 10.2 Å². The number of halogens is 1. The van der Waals surface area contributed by atoms with E-state index in [1.54, 1.807) is 18.2 Å². The van der Waals surface area contributed by atoms with Gasteiger partial charge in [-0.1, -0.05) is 24.3 Å². The Labute approximate surface area is 124 Å². The fraction of sp³-hybridized carbons (Fsp3) is 0.176. The Bertz CT molecular complexity index is 660. The molecular weight excluding hydrogens is 272 g/mol. The van der Waals surface area contributed by atoms with E-state index >= 15 is 0 Å². The number of phenolic OH excluding ortho intramolecular Hbond substituents is 2.